The first-order valence-corrected chi connectivity index (χ1v) is 5.43. The van der Waals surface area contributed by atoms with Crippen LogP contribution in [0.5, 0.6) is 5.75 Å². The molecule has 1 rings (SSSR count). The van der Waals surface area contributed by atoms with Crippen molar-refractivity contribution in [3.63, 3.8) is 0 Å². The predicted octanol–water partition coefficient (Wildman–Crippen LogP) is -0.579. The molecule has 0 spiro atoms. The lowest BCUT2D eigenvalue weighted by Crippen LogP contribution is -2.02. The average molecular weight is 270 g/mol. The minimum Gasteiger partial charge on any atom is -0.872 e. The van der Waals surface area contributed by atoms with Crippen LogP contribution >= 0.6 is 0 Å². The van der Waals surface area contributed by atoms with Crippen LogP contribution in [-0.4, -0.2) is 35.8 Å². The maximum absolute atomic E-state index is 10.3. The lowest BCUT2D eigenvalue weighted by atomic mass is 10.3. The normalized spacial score (nSPS) is 8.71. The molecule has 0 aliphatic heterocycles. The van der Waals surface area contributed by atoms with Crippen molar-refractivity contribution >= 4 is 10.4 Å². The molecule has 0 amide bonds. The van der Waals surface area contributed by atoms with Crippen LogP contribution < -0.4 is 17.0 Å². The molecule has 0 aliphatic carbocycles. The van der Waals surface area contributed by atoms with Crippen molar-refractivity contribution in [2.24, 2.45) is 5.73 Å². The van der Waals surface area contributed by atoms with Crippen molar-refractivity contribution in [2.45, 2.75) is 0 Å². The van der Waals surface area contributed by atoms with E-state index in [9.17, 15) is 5.11 Å². The van der Waals surface area contributed by atoms with E-state index in [0.717, 1.165) is 0 Å². The van der Waals surface area contributed by atoms with Crippen LogP contribution in [0.25, 0.3) is 0 Å². The van der Waals surface area contributed by atoms with Gasteiger partial charge in [0.1, 0.15) is 0 Å². The number of aliphatic hydroxyl groups is 1. The van der Waals surface area contributed by atoms with Gasteiger partial charge in [-0.1, -0.05) is 30.3 Å². The minimum atomic E-state index is -4.67. The molecule has 1 aromatic rings. The van der Waals surface area contributed by atoms with Gasteiger partial charge in [0, 0.05) is 6.54 Å². The van der Waals surface area contributed by atoms with Crippen LogP contribution in [0.1, 0.15) is 0 Å². The molecule has 0 bridgehead atoms. The summed E-state index contributed by atoms with van der Waals surface area (Å²) in [5.74, 6) is 0.0718. The largest absolute Gasteiger partial charge is 0.872 e. The van der Waals surface area contributed by atoms with Crippen molar-refractivity contribution in [1.82, 2.24) is 6.15 Å². The van der Waals surface area contributed by atoms with Crippen LogP contribution in [0.4, 0.5) is 0 Å². The van der Waals surface area contributed by atoms with Gasteiger partial charge in [0.15, 0.2) is 0 Å². The zero-order valence-corrected chi connectivity index (χ0v) is 10.2. The lowest BCUT2D eigenvalue weighted by Gasteiger charge is -1.98. The summed E-state index contributed by atoms with van der Waals surface area (Å²) in [6.45, 7) is 0.472. The first-order chi connectivity index (χ1) is 7.31. The summed E-state index contributed by atoms with van der Waals surface area (Å²) >= 11 is 0. The van der Waals surface area contributed by atoms with E-state index >= 15 is 0 Å². The van der Waals surface area contributed by atoms with E-state index in [-0.39, 0.29) is 18.5 Å². The lowest BCUT2D eigenvalue weighted by molar-refractivity contribution is -0.268. The standard InChI is InChI=1S/C6H6O.C2H7NO.H3N.H2O4S/c7-6-4-2-1-3-5-6;3-1-2-4;;1-5(2,3)4/h1-5,7H;4H,1-3H2;1H3;(H2,1,2,3,4). The van der Waals surface area contributed by atoms with E-state index in [4.69, 9.17) is 28.4 Å². The van der Waals surface area contributed by atoms with Crippen molar-refractivity contribution in [3.8, 4) is 5.75 Å². The molecule has 102 valence electrons. The number of nitrogens with two attached hydrogens (primary N) is 1. The second-order valence-electron chi connectivity index (χ2n) is 2.27. The molecule has 0 unspecified atom stereocenters. The second kappa shape index (κ2) is 12.8. The van der Waals surface area contributed by atoms with Crippen LogP contribution in [0.3, 0.4) is 0 Å². The van der Waals surface area contributed by atoms with Crippen molar-refractivity contribution in [1.29, 1.82) is 0 Å². The number of rotatable bonds is 1. The molecular formula is C8H18N2O6S. The fourth-order valence-corrected chi connectivity index (χ4v) is 0.420. The molecule has 0 fully saturated rings. The topological polar surface area (TPSA) is 180 Å². The Morgan fingerprint density at radius 2 is 1.47 bits per heavy atom. The van der Waals surface area contributed by atoms with Crippen molar-refractivity contribution in [2.75, 3.05) is 13.2 Å². The summed E-state index contributed by atoms with van der Waals surface area (Å²) in [6.07, 6.45) is 0. The molecule has 0 heterocycles. The molecular weight excluding hydrogens is 252 g/mol. The highest BCUT2D eigenvalue weighted by atomic mass is 32.3. The third-order valence-corrected chi connectivity index (χ3v) is 0.872. The highest BCUT2D eigenvalue weighted by Crippen LogP contribution is 1.98. The van der Waals surface area contributed by atoms with E-state index in [1.165, 1.54) is 12.1 Å². The molecule has 9 heteroatoms. The third kappa shape index (κ3) is 39.9. The first-order valence-electron chi connectivity index (χ1n) is 4.04. The minimum absolute atomic E-state index is 0. The van der Waals surface area contributed by atoms with Gasteiger partial charge >= 0.3 is 10.4 Å². The summed E-state index contributed by atoms with van der Waals surface area (Å²) < 4.78 is 31.6. The van der Waals surface area contributed by atoms with Gasteiger partial charge in [-0.05, 0) is 0 Å². The average Bonchev–Trinajstić information content (AvgIpc) is 2.17. The molecule has 0 aliphatic rings. The van der Waals surface area contributed by atoms with Crippen molar-refractivity contribution in [3.05, 3.63) is 30.3 Å². The smallest absolute Gasteiger partial charge is 0.394 e. The van der Waals surface area contributed by atoms with Gasteiger partial charge in [-0.15, -0.1) is 5.75 Å². The summed E-state index contributed by atoms with van der Waals surface area (Å²) in [4.78, 5) is 0. The molecule has 17 heavy (non-hydrogen) atoms. The molecule has 0 radical (unpaired) electrons. The molecule has 9 N–H and O–H groups in total. The Balaban J connectivity index is -0.000000177. The van der Waals surface area contributed by atoms with Gasteiger partial charge in [-0.2, -0.15) is 8.42 Å². The highest BCUT2D eigenvalue weighted by Gasteiger charge is 1.84. The maximum Gasteiger partial charge on any atom is 0.394 e. The summed E-state index contributed by atoms with van der Waals surface area (Å²) in [7, 11) is -4.67. The van der Waals surface area contributed by atoms with E-state index in [1.54, 1.807) is 12.1 Å². The van der Waals surface area contributed by atoms with Gasteiger partial charge in [-0.3, -0.25) is 9.11 Å². The summed E-state index contributed by atoms with van der Waals surface area (Å²) in [5, 5.41) is 18.0. The first kappa shape index (κ1) is 21.1. The van der Waals surface area contributed by atoms with E-state index < -0.39 is 10.4 Å². The quantitative estimate of drug-likeness (QED) is 0.423. The number of hydrogen-bond acceptors (Lipinski definition) is 5. The molecule has 1 aromatic carbocycles. The Morgan fingerprint density at radius 1 is 1.18 bits per heavy atom. The van der Waals surface area contributed by atoms with Gasteiger partial charge in [-0.25, -0.2) is 0 Å². The van der Waals surface area contributed by atoms with Crippen LogP contribution in [0.2, 0.25) is 0 Å². The van der Waals surface area contributed by atoms with Gasteiger partial charge in [0.25, 0.3) is 0 Å². The van der Waals surface area contributed by atoms with Crippen molar-refractivity contribution < 1.29 is 27.7 Å². The Hall–Kier alpha value is -1.23. The fourth-order valence-electron chi connectivity index (χ4n) is 0.420. The number of hydrogen-bond donors (Lipinski definition) is 5. The number of quaternary nitrogens is 1. The third-order valence-electron chi connectivity index (χ3n) is 0.872. The van der Waals surface area contributed by atoms with Gasteiger partial charge in [0.05, 0.1) is 6.61 Å². The van der Waals surface area contributed by atoms with E-state index in [2.05, 4.69) is 0 Å². The van der Waals surface area contributed by atoms with Gasteiger partial charge < -0.3 is 22.1 Å². The maximum atomic E-state index is 10.3. The number of aliphatic hydroxyl groups excluding tert-OH is 1. The van der Waals surface area contributed by atoms with E-state index in [1.807, 2.05) is 6.07 Å². The predicted molar refractivity (Wildman–Crippen MR) is 62.2 cm³/mol. The summed E-state index contributed by atoms with van der Waals surface area (Å²) in [5.41, 5.74) is 4.78. The van der Waals surface area contributed by atoms with Crippen LogP contribution in [0.15, 0.2) is 30.3 Å². The summed E-state index contributed by atoms with van der Waals surface area (Å²) in [6, 6.07) is 8.33. The number of para-hydroxylation sites is 1. The SMILES string of the molecule is NCCO.O=S(=O)(O)O.[NH4+].[O-]c1ccccc1. The molecule has 0 saturated heterocycles. The molecule has 0 aromatic heterocycles. The molecule has 8 nitrogen and oxygen atoms in total. The van der Waals surface area contributed by atoms with Crippen LogP contribution in [-0.2, 0) is 10.4 Å². The molecule has 0 saturated carbocycles. The highest BCUT2D eigenvalue weighted by molar-refractivity contribution is 7.79. The Morgan fingerprint density at radius 3 is 1.59 bits per heavy atom. The second-order valence-corrected chi connectivity index (χ2v) is 3.17. The fraction of sp³-hybridized carbons (Fsp3) is 0.250. The van der Waals surface area contributed by atoms with Crippen LogP contribution in [0, 0.1) is 0 Å². The Kier molecular flexibility index (Phi) is 15.9. The van der Waals surface area contributed by atoms with E-state index in [0.29, 0.717) is 6.54 Å². The Bertz CT molecular complexity index is 332. The number of benzene rings is 1. The zero-order chi connectivity index (χ0) is 13.0. The zero-order valence-electron chi connectivity index (χ0n) is 9.35. The van der Waals surface area contributed by atoms with Gasteiger partial charge in [0.2, 0.25) is 0 Å². The monoisotopic (exact) mass is 270 g/mol. The Labute approximate surface area is 99.9 Å². The molecule has 0 atom stereocenters.